The molecule has 1 atom stereocenters. The summed E-state index contributed by atoms with van der Waals surface area (Å²) in [5, 5.41) is 2.38. The van der Waals surface area contributed by atoms with Crippen LogP contribution in [-0.2, 0) is 9.16 Å². The van der Waals surface area contributed by atoms with E-state index in [0.717, 1.165) is 6.42 Å². The molecule has 2 aromatic rings. The number of amides is 1. The van der Waals surface area contributed by atoms with Gasteiger partial charge in [-0.05, 0) is 42.6 Å². The van der Waals surface area contributed by atoms with Gasteiger partial charge in [0.1, 0.15) is 5.60 Å². The van der Waals surface area contributed by atoms with Crippen molar-refractivity contribution in [3.63, 3.8) is 0 Å². The van der Waals surface area contributed by atoms with Gasteiger partial charge in [0.25, 0.3) is 8.32 Å². The Kier molecular flexibility index (Phi) is 6.77. The highest BCUT2D eigenvalue weighted by Gasteiger charge is 2.50. The van der Waals surface area contributed by atoms with E-state index in [-0.39, 0.29) is 17.2 Å². The molecule has 166 valence electrons. The van der Waals surface area contributed by atoms with Gasteiger partial charge in [-0.3, -0.25) is 4.90 Å². The Labute approximate surface area is 188 Å². The van der Waals surface area contributed by atoms with E-state index in [1.54, 1.807) is 4.90 Å². The predicted octanol–water partition coefficient (Wildman–Crippen LogP) is 5.09. The van der Waals surface area contributed by atoms with E-state index < -0.39 is 13.9 Å². The minimum atomic E-state index is -2.63. The number of carbonyl (C=O) groups excluding carboxylic acids is 1. The van der Waals surface area contributed by atoms with Crippen LogP contribution in [0.15, 0.2) is 72.9 Å². The van der Waals surface area contributed by atoms with Crippen molar-refractivity contribution in [2.75, 3.05) is 6.61 Å². The Hall–Kier alpha value is -2.37. The normalized spacial score (nSPS) is 17.1. The lowest BCUT2D eigenvalue weighted by atomic mass is 10.2. The molecule has 0 saturated carbocycles. The third-order valence-electron chi connectivity index (χ3n) is 5.58. The maximum atomic E-state index is 12.7. The molecule has 2 aromatic carbocycles. The molecule has 0 radical (unpaired) electrons. The molecule has 0 aliphatic carbocycles. The molecule has 0 aromatic heterocycles. The molecule has 5 heteroatoms. The Morgan fingerprint density at radius 2 is 1.45 bits per heavy atom. The minimum absolute atomic E-state index is 0.0727. The fourth-order valence-corrected chi connectivity index (χ4v) is 8.82. The third kappa shape index (κ3) is 5.10. The Balaban J connectivity index is 1.94. The lowest BCUT2D eigenvalue weighted by Crippen LogP contribution is -2.67. The van der Waals surface area contributed by atoms with Crippen LogP contribution in [-0.4, -0.2) is 37.6 Å². The molecule has 1 aliphatic heterocycles. The topological polar surface area (TPSA) is 38.8 Å². The first-order chi connectivity index (χ1) is 14.5. The van der Waals surface area contributed by atoms with Crippen molar-refractivity contribution in [2.45, 2.75) is 64.6 Å². The van der Waals surface area contributed by atoms with Gasteiger partial charge in [0.2, 0.25) is 0 Å². The monoisotopic (exact) mass is 437 g/mol. The number of ether oxygens (including phenoxy) is 1. The van der Waals surface area contributed by atoms with Gasteiger partial charge >= 0.3 is 6.09 Å². The van der Waals surface area contributed by atoms with Crippen molar-refractivity contribution in [1.29, 1.82) is 0 Å². The van der Waals surface area contributed by atoms with E-state index in [0.29, 0.717) is 6.61 Å². The zero-order valence-corrected chi connectivity index (χ0v) is 20.6. The highest BCUT2D eigenvalue weighted by atomic mass is 28.4. The van der Waals surface area contributed by atoms with Crippen molar-refractivity contribution in [1.82, 2.24) is 4.90 Å². The van der Waals surface area contributed by atoms with Crippen LogP contribution < -0.4 is 10.4 Å². The van der Waals surface area contributed by atoms with Gasteiger partial charge in [-0.2, -0.15) is 0 Å². The van der Waals surface area contributed by atoms with Gasteiger partial charge in [0.15, 0.2) is 0 Å². The number of hydrogen-bond acceptors (Lipinski definition) is 3. The van der Waals surface area contributed by atoms with Crippen LogP contribution in [0.1, 0.15) is 48.0 Å². The molecule has 0 spiro atoms. The quantitative estimate of drug-likeness (QED) is 0.612. The second-order valence-corrected chi connectivity index (χ2v) is 14.4. The Morgan fingerprint density at radius 1 is 0.935 bits per heavy atom. The standard InChI is InChI=1S/C26H35NO3Si/c1-25(2,3)30-24(28)27-19-13-14-21(27)20-29-31(26(4,5)6,22-15-9-7-10-16-22)23-17-11-8-12-18-23/h7-13,15-19,21H,14,20H2,1-6H3. The maximum absolute atomic E-state index is 12.7. The van der Waals surface area contributed by atoms with Crippen molar-refractivity contribution in [3.8, 4) is 0 Å². The molecule has 1 heterocycles. The first-order valence-corrected chi connectivity index (χ1v) is 12.9. The Bertz CT molecular complexity index is 858. The molecule has 0 bridgehead atoms. The smallest absolute Gasteiger partial charge is 0.414 e. The summed E-state index contributed by atoms with van der Waals surface area (Å²) in [7, 11) is -2.63. The average molecular weight is 438 g/mol. The van der Waals surface area contributed by atoms with Crippen LogP contribution in [0.4, 0.5) is 4.79 Å². The minimum Gasteiger partial charge on any atom is -0.443 e. The molecule has 4 nitrogen and oxygen atoms in total. The maximum Gasteiger partial charge on any atom is 0.414 e. The van der Waals surface area contributed by atoms with Crippen LogP contribution in [0.3, 0.4) is 0 Å². The summed E-state index contributed by atoms with van der Waals surface area (Å²) in [6.07, 6.45) is 4.28. The summed E-state index contributed by atoms with van der Waals surface area (Å²) in [5.74, 6) is 0. The number of rotatable bonds is 5. The van der Waals surface area contributed by atoms with E-state index >= 15 is 0 Å². The summed E-state index contributed by atoms with van der Waals surface area (Å²) < 4.78 is 12.6. The van der Waals surface area contributed by atoms with E-state index in [1.165, 1.54) is 10.4 Å². The highest BCUT2D eigenvalue weighted by Crippen LogP contribution is 2.37. The molecule has 0 N–H and O–H groups in total. The van der Waals surface area contributed by atoms with Gasteiger partial charge in [-0.25, -0.2) is 4.79 Å². The van der Waals surface area contributed by atoms with Crippen LogP contribution in [0.2, 0.25) is 5.04 Å². The van der Waals surface area contributed by atoms with Crippen LogP contribution in [0, 0.1) is 0 Å². The van der Waals surface area contributed by atoms with Crippen LogP contribution in [0.5, 0.6) is 0 Å². The fourth-order valence-electron chi connectivity index (χ4n) is 4.22. The molecule has 3 rings (SSSR count). The summed E-state index contributed by atoms with van der Waals surface area (Å²) >= 11 is 0. The van der Waals surface area contributed by atoms with Gasteiger partial charge in [-0.1, -0.05) is 87.5 Å². The van der Waals surface area contributed by atoms with E-state index in [4.69, 9.17) is 9.16 Å². The van der Waals surface area contributed by atoms with E-state index in [9.17, 15) is 4.79 Å². The second-order valence-electron chi connectivity index (χ2n) is 10.1. The van der Waals surface area contributed by atoms with Crippen LogP contribution >= 0.6 is 0 Å². The highest BCUT2D eigenvalue weighted by molar-refractivity contribution is 6.99. The number of benzene rings is 2. The molecule has 0 fully saturated rings. The van der Waals surface area contributed by atoms with Crippen molar-refractivity contribution < 1.29 is 14.0 Å². The molecular formula is C26H35NO3Si. The molecule has 1 amide bonds. The van der Waals surface area contributed by atoms with Gasteiger partial charge in [-0.15, -0.1) is 0 Å². The van der Waals surface area contributed by atoms with Gasteiger partial charge in [0, 0.05) is 6.20 Å². The zero-order valence-electron chi connectivity index (χ0n) is 19.6. The van der Waals surface area contributed by atoms with Crippen molar-refractivity contribution in [2.24, 2.45) is 0 Å². The van der Waals surface area contributed by atoms with E-state index in [2.05, 4.69) is 69.3 Å². The lowest BCUT2D eigenvalue weighted by Gasteiger charge is -2.44. The summed E-state index contributed by atoms with van der Waals surface area (Å²) in [6, 6.07) is 21.1. The first-order valence-electron chi connectivity index (χ1n) is 11.0. The predicted molar refractivity (Wildman–Crippen MR) is 129 cm³/mol. The van der Waals surface area contributed by atoms with Crippen molar-refractivity contribution >= 4 is 24.8 Å². The average Bonchev–Trinajstić information content (AvgIpc) is 3.17. The SMILES string of the molecule is CC(C)(C)OC(=O)N1C=CCC1CO[Si](c1ccccc1)(c1ccccc1)C(C)(C)C. The largest absolute Gasteiger partial charge is 0.443 e. The Morgan fingerprint density at radius 3 is 1.90 bits per heavy atom. The van der Waals surface area contributed by atoms with Gasteiger partial charge < -0.3 is 9.16 Å². The first kappa shape index (κ1) is 23.3. The van der Waals surface area contributed by atoms with E-state index in [1.807, 2.05) is 45.2 Å². The molecule has 1 aliphatic rings. The van der Waals surface area contributed by atoms with Crippen LogP contribution in [0.25, 0.3) is 0 Å². The number of hydrogen-bond donors (Lipinski definition) is 0. The van der Waals surface area contributed by atoms with Gasteiger partial charge in [0.05, 0.1) is 12.6 Å². The summed E-state index contributed by atoms with van der Waals surface area (Å²) in [4.78, 5) is 14.4. The number of nitrogens with zero attached hydrogens (tertiary/aromatic N) is 1. The number of carbonyl (C=O) groups is 1. The fraction of sp³-hybridized carbons (Fsp3) is 0.423. The second kappa shape index (κ2) is 9.01. The molecule has 31 heavy (non-hydrogen) atoms. The molecular weight excluding hydrogens is 402 g/mol. The van der Waals surface area contributed by atoms with Crippen molar-refractivity contribution in [3.05, 3.63) is 72.9 Å². The lowest BCUT2D eigenvalue weighted by molar-refractivity contribution is 0.0248. The molecule has 0 saturated heterocycles. The summed E-state index contributed by atoms with van der Waals surface area (Å²) in [6.45, 7) is 12.9. The zero-order chi connectivity index (χ0) is 22.7. The third-order valence-corrected chi connectivity index (χ3v) is 10.6. The molecule has 1 unspecified atom stereocenters. The summed E-state index contributed by atoms with van der Waals surface area (Å²) in [5.41, 5.74) is -0.531.